The molecule has 5 fully saturated rings. The summed E-state index contributed by atoms with van der Waals surface area (Å²) >= 11 is 0. The van der Waals surface area contributed by atoms with Gasteiger partial charge in [-0.05, 0) is 203 Å². The van der Waals surface area contributed by atoms with Crippen molar-refractivity contribution in [1.29, 1.82) is 0 Å². The third-order valence-electron chi connectivity index (χ3n) is 15.7. The predicted octanol–water partition coefficient (Wildman–Crippen LogP) is 9.20. The summed E-state index contributed by atoms with van der Waals surface area (Å²) in [6.45, 7) is 38.5. The number of hydrogen-bond donors (Lipinski definition) is 5. The Bertz CT molecular complexity index is 2250. The Morgan fingerprint density at radius 2 is 0.548 bits per heavy atom. The molecule has 73 heavy (non-hydrogen) atoms. The number of piperidine rings is 5. The monoisotopic (exact) mass is 1030 g/mol. The lowest BCUT2D eigenvalue weighted by atomic mass is 9.75. The first-order valence-electron chi connectivity index (χ1n) is 26.5. The minimum Gasteiger partial charge on any atom is -0.422 e. The molecule has 0 saturated carbocycles. The Labute approximate surface area is 435 Å². The maximum Gasteiger partial charge on any atom is 0.314 e. The summed E-state index contributed by atoms with van der Waals surface area (Å²) in [5, 5.41) is 35.7. The molecule has 5 heterocycles. The molecule has 1 aromatic rings. The Morgan fingerprint density at radius 3 is 0.781 bits per heavy atom. The number of nitrogens with zero attached hydrogens (tertiary/aromatic N) is 2. The second-order valence-electron chi connectivity index (χ2n) is 29.0. The standard InChI is InChI=1S/C56H91N5O12/c1-47(2)22-32(23-48(3,4)57-47)42(62)69-37-21-38(70-43(63)35-28-53(13,14)60(67)54(15,16)29-35)40(72-46(66)36-30-55(17,18)61(68)56(19,20)31-36)41(73-45(65)34-26-51(9,10)59-52(11,12)27-34)39(37)71-44(64)33-24-49(5,6)58-50(7,8)25-33/h21,32-36,57-59,67-68H,22-31H2,1-20H3. The maximum absolute atomic E-state index is 15.1. The van der Waals surface area contributed by atoms with E-state index in [1.165, 1.54) is 16.2 Å². The lowest BCUT2D eigenvalue weighted by Gasteiger charge is -2.50. The smallest absolute Gasteiger partial charge is 0.314 e. The maximum atomic E-state index is 15.1. The molecule has 0 aliphatic carbocycles. The zero-order valence-corrected chi connectivity index (χ0v) is 47.9. The number of benzene rings is 1. The highest BCUT2D eigenvalue weighted by molar-refractivity contribution is 5.88. The van der Waals surface area contributed by atoms with Gasteiger partial charge in [0.05, 0.1) is 29.6 Å². The van der Waals surface area contributed by atoms with Gasteiger partial charge < -0.3 is 50.0 Å². The van der Waals surface area contributed by atoms with Gasteiger partial charge in [0.1, 0.15) is 0 Å². The fraction of sp³-hybridized carbons (Fsp3) is 0.804. The van der Waals surface area contributed by atoms with Crippen molar-refractivity contribution in [1.82, 2.24) is 26.1 Å². The summed E-state index contributed by atoms with van der Waals surface area (Å²) in [6, 6.07) is 1.21. The molecule has 17 nitrogen and oxygen atoms in total. The van der Waals surface area contributed by atoms with Gasteiger partial charge in [-0.2, -0.15) is 10.1 Å². The van der Waals surface area contributed by atoms with Crippen molar-refractivity contribution in [2.24, 2.45) is 29.6 Å². The number of esters is 5. The molecule has 0 radical (unpaired) electrons. The molecule has 5 N–H and O–H groups in total. The van der Waals surface area contributed by atoms with Gasteiger partial charge in [0, 0.05) is 61.5 Å². The molecule has 0 aromatic heterocycles. The van der Waals surface area contributed by atoms with Crippen molar-refractivity contribution >= 4 is 29.8 Å². The molecular weight excluding hydrogens is 935 g/mol. The van der Waals surface area contributed by atoms with E-state index in [0.29, 0.717) is 38.5 Å². The predicted molar refractivity (Wildman–Crippen MR) is 276 cm³/mol. The lowest BCUT2D eigenvalue weighted by Crippen LogP contribution is -2.60. The first-order chi connectivity index (χ1) is 32.8. The minimum atomic E-state index is -0.890. The van der Waals surface area contributed by atoms with Gasteiger partial charge in [-0.25, -0.2) is 0 Å². The van der Waals surface area contributed by atoms with Crippen LogP contribution in [0.25, 0.3) is 0 Å². The van der Waals surface area contributed by atoms with E-state index in [1.54, 1.807) is 0 Å². The van der Waals surface area contributed by atoms with E-state index >= 15 is 4.79 Å². The molecular formula is C56H91N5O12. The third kappa shape index (κ3) is 13.6. The number of hydrogen-bond acceptors (Lipinski definition) is 17. The number of carbonyl (C=O) groups is 5. The molecule has 0 atom stereocenters. The zero-order valence-electron chi connectivity index (χ0n) is 47.9. The molecule has 6 rings (SSSR count). The quantitative estimate of drug-likeness (QED) is 0.109. The van der Waals surface area contributed by atoms with Gasteiger partial charge in [-0.15, -0.1) is 0 Å². The first-order valence-corrected chi connectivity index (χ1v) is 26.5. The molecule has 0 unspecified atom stereocenters. The zero-order chi connectivity index (χ0) is 55.2. The number of ether oxygens (including phenoxy) is 5. The number of hydroxylamine groups is 4. The van der Waals surface area contributed by atoms with Crippen LogP contribution < -0.4 is 39.6 Å². The molecule has 412 valence electrons. The van der Waals surface area contributed by atoms with Crippen LogP contribution in [0.5, 0.6) is 28.7 Å². The van der Waals surface area contributed by atoms with E-state index in [0.717, 1.165) is 0 Å². The van der Waals surface area contributed by atoms with Gasteiger partial charge in [-0.1, -0.05) is 0 Å². The average molecular weight is 1030 g/mol. The van der Waals surface area contributed by atoms with E-state index in [9.17, 15) is 29.6 Å². The van der Waals surface area contributed by atoms with E-state index < -0.39 is 138 Å². The number of rotatable bonds is 10. The van der Waals surface area contributed by atoms with E-state index in [1.807, 2.05) is 138 Å². The Morgan fingerprint density at radius 1 is 0.356 bits per heavy atom. The van der Waals surface area contributed by atoms with Crippen molar-refractivity contribution in [2.75, 3.05) is 0 Å². The van der Waals surface area contributed by atoms with Crippen molar-refractivity contribution < 1.29 is 58.1 Å². The molecule has 0 bridgehead atoms. The molecule has 5 aliphatic heterocycles. The molecule has 0 spiro atoms. The minimum absolute atomic E-state index is 0.154. The van der Waals surface area contributed by atoms with Crippen molar-refractivity contribution in [3.05, 3.63) is 6.07 Å². The van der Waals surface area contributed by atoms with Crippen LogP contribution in [0.4, 0.5) is 0 Å². The fourth-order valence-electron chi connectivity index (χ4n) is 14.3. The van der Waals surface area contributed by atoms with Crippen LogP contribution in [0.2, 0.25) is 0 Å². The highest BCUT2D eigenvalue weighted by Gasteiger charge is 2.52. The molecule has 1 aromatic carbocycles. The molecule has 17 heteroatoms. The van der Waals surface area contributed by atoms with E-state index in [-0.39, 0.29) is 31.4 Å². The fourth-order valence-corrected chi connectivity index (χ4v) is 14.3. The Balaban J connectivity index is 1.60. The topological polar surface area (TPSA) is 215 Å². The summed E-state index contributed by atoms with van der Waals surface area (Å²) in [4.78, 5) is 74.6. The van der Waals surface area contributed by atoms with Gasteiger partial charge in [0.2, 0.25) is 17.2 Å². The van der Waals surface area contributed by atoms with Crippen molar-refractivity contribution in [2.45, 2.75) is 258 Å². The van der Waals surface area contributed by atoms with Gasteiger partial charge in [-0.3, -0.25) is 24.0 Å². The van der Waals surface area contributed by atoms with Gasteiger partial charge >= 0.3 is 29.8 Å². The summed E-state index contributed by atoms with van der Waals surface area (Å²) < 4.78 is 32.2. The second kappa shape index (κ2) is 19.4. The molecule has 5 saturated heterocycles. The Hall–Kier alpha value is -3.71. The van der Waals surface area contributed by atoms with E-state index in [4.69, 9.17) is 23.7 Å². The summed E-state index contributed by atoms with van der Waals surface area (Å²) in [5.41, 5.74) is -6.52. The van der Waals surface area contributed by atoms with Gasteiger partial charge in [0.15, 0.2) is 11.5 Å². The highest BCUT2D eigenvalue weighted by atomic mass is 16.6. The highest BCUT2D eigenvalue weighted by Crippen LogP contribution is 2.54. The van der Waals surface area contributed by atoms with Gasteiger partial charge in [0.25, 0.3) is 0 Å². The Kier molecular flexibility index (Phi) is 15.5. The van der Waals surface area contributed by atoms with E-state index in [2.05, 4.69) is 16.0 Å². The van der Waals surface area contributed by atoms with Crippen LogP contribution in [0.1, 0.15) is 203 Å². The average Bonchev–Trinajstić information content (AvgIpc) is 3.17. The lowest BCUT2D eigenvalue weighted by molar-refractivity contribution is -0.251. The van der Waals surface area contributed by atoms with Crippen LogP contribution in [-0.4, -0.2) is 106 Å². The number of nitrogens with one attached hydrogen (secondary N) is 3. The normalized spacial score (nSPS) is 26.8. The summed E-state index contributed by atoms with van der Waals surface area (Å²) in [7, 11) is 0. The van der Waals surface area contributed by atoms with Crippen LogP contribution in [-0.2, 0) is 24.0 Å². The number of carbonyl (C=O) groups excluding carboxylic acids is 5. The molecule has 5 aliphatic rings. The van der Waals surface area contributed by atoms with Crippen LogP contribution in [0.3, 0.4) is 0 Å². The van der Waals surface area contributed by atoms with Crippen molar-refractivity contribution in [3.63, 3.8) is 0 Å². The molecule has 0 amide bonds. The summed E-state index contributed by atoms with van der Waals surface area (Å²) in [5.74, 6) is -9.71. The third-order valence-corrected chi connectivity index (χ3v) is 15.7. The second-order valence-corrected chi connectivity index (χ2v) is 29.0. The van der Waals surface area contributed by atoms with Crippen molar-refractivity contribution in [3.8, 4) is 28.7 Å². The van der Waals surface area contributed by atoms with Crippen LogP contribution in [0, 0.1) is 29.6 Å². The SMILES string of the molecule is CC1(C)CC(C(=O)Oc2cc(OC(=O)C3CC(C)(C)N(O)C(C)(C)C3)c(OC(=O)C3CC(C)(C)N(O)C(C)(C)C3)c(OC(=O)C3CC(C)(C)NC(C)(C)C3)c2OC(=O)C2CC(C)(C)NC(C)(C)C2)CC(C)(C)N1. The van der Waals surface area contributed by atoms with Crippen LogP contribution in [0.15, 0.2) is 6.07 Å². The van der Waals surface area contributed by atoms with Crippen LogP contribution >= 0.6 is 0 Å². The first kappa shape index (κ1) is 58.5. The largest absolute Gasteiger partial charge is 0.422 e. The summed E-state index contributed by atoms with van der Waals surface area (Å²) in [6.07, 6.45) is 2.85.